The number of carbonyl (C=O) groups excluding carboxylic acids is 1. The van der Waals surface area contributed by atoms with Gasteiger partial charge in [-0.1, -0.05) is 45.9 Å². The highest BCUT2D eigenvalue weighted by atomic mass is 32.1. The molecule has 0 N–H and O–H groups in total. The minimum atomic E-state index is 0.0916. The predicted octanol–water partition coefficient (Wildman–Crippen LogP) is 4.67. The number of ketones is 1. The summed E-state index contributed by atoms with van der Waals surface area (Å²) >= 11 is 1.63. The number of carbonyl (C=O) groups is 1. The lowest BCUT2D eigenvalue weighted by molar-refractivity contribution is -0.121. The summed E-state index contributed by atoms with van der Waals surface area (Å²) in [5.74, 6) is 0.351. The number of rotatable bonds is 4. The third-order valence-corrected chi connectivity index (χ3v) is 3.73. The van der Waals surface area contributed by atoms with Gasteiger partial charge in [-0.05, 0) is 12.8 Å². The van der Waals surface area contributed by atoms with Crippen molar-refractivity contribution < 1.29 is 4.79 Å². The van der Waals surface area contributed by atoms with Crippen molar-refractivity contribution in [1.29, 1.82) is 0 Å². The van der Waals surface area contributed by atoms with Crippen molar-refractivity contribution in [2.75, 3.05) is 0 Å². The first kappa shape index (κ1) is 15.8. The lowest BCUT2D eigenvalue weighted by atomic mass is 10.1. The maximum atomic E-state index is 11.6. The zero-order valence-electron chi connectivity index (χ0n) is 12.3. The number of allylic oxidation sites excluding steroid dienone is 4. The summed E-state index contributed by atoms with van der Waals surface area (Å²) in [7, 11) is 0. The molecule has 1 aliphatic carbocycles. The van der Waals surface area contributed by atoms with Crippen LogP contribution in [0.15, 0.2) is 23.6 Å². The quantitative estimate of drug-likeness (QED) is 0.800. The average molecular weight is 277 g/mol. The summed E-state index contributed by atoms with van der Waals surface area (Å²) in [4.78, 5) is 16.2. The van der Waals surface area contributed by atoms with Crippen LogP contribution in [0.2, 0.25) is 0 Å². The monoisotopic (exact) mass is 277 g/mol. The molecule has 0 unspecified atom stereocenters. The topological polar surface area (TPSA) is 30.0 Å². The Hall–Kier alpha value is -1.22. The summed E-state index contributed by atoms with van der Waals surface area (Å²) in [6.45, 7) is 7.87. The molecule has 1 heterocycles. The summed E-state index contributed by atoms with van der Waals surface area (Å²) in [6, 6.07) is 0. The molecule has 0 bridgehead atoms. The number of thiazole rings is 1. The molecular weight excluding hydrogens is 254 g/mol. The third-order valence-electron chi connectivity index (χ3n) is 2.79. The van der Waals surface area contributed by atoms with Gasteiger partial charge in [0.2, 0.25) is 0 Å². The van der Waals surface area contributed by atoms with Gasteiger partial charge < -0.3 is 0 Å². The van der Waals surface area contributed by atoms with Crippen molar-refractivity contribution in [3.63, 3.8) is 0 Å². The lowest BCUT2D eigenvalue weighted by Crippen LogP contribution is -2.10. The van der Waals surface area contributed by atoms with Gasteiger partial charge in [0.05, 0.1) is 5.69 Å². The smallest absolute Gasteiger partial charge is 0.141 e. The Bertz CT molecular complexity index is 469. The molecule has 0 spiro atoms. The Morgan fingerprint density at radius 3 is 2.68 bits per heavy atom. The fourth-order valence-electron chi connectivity index (χ4n) is 1.68. The Morgan fingerprint density at radius 1 is 1.37 bits per heavy atom. The standard InChI is InChI=1S/C14H17NOS.C2H6/c1-10(2)13(16)8-12-9-17-14(15-12)11-6-4-3-5-7-11;1-2/h4,6-7,9-10H,3,5,8H2,1-2H3;1-2H3. The lowest BCUT2D eigenvalue weighted by Gasteiger charge is -2.03. The highest BCUT2D eigenvalue weighted by Crippen LogP contribution is 2.24. The van der Waals surface area contributed by atoms with E-state index < -0.39 is 0 Å². The second-order valence-corrected chi connectivity index (χ2v) is 5.44. The number of Topliss-reactive ketones (excluding diaryl/α,β-unsaturated/α-hetero) is 1. The normalized spacial score (nSPS) is 13.8. The van der Waals surface area contributed by atoms with Gasteiger partial charge in [-0.15, -0.1) is 11.3 Å². The fourth-order valence-corrected chi connectivity index (χ4v) is 2.52. The van der Waals surface area contributed by atoms with Gasteiger partial charge in [-0.3, -0.25) is 4.79 Å². The van der Waals surface area contributed by atoms with Gasteiger partial charge >= 0.3 is 0 Å². The summed E-state index contributed by atoms with van der Waals surface area (Å²) in [6.07, 6.45) is 9.18. The van der Waals surface area contributed by atoms with Gasteiger partial charge in [-0.2, -0.15) is 0 Å². The molecule has 0 aliphatic heterocycles. The van der Waals surface area contributed by atoms with Crippen LogP contribution < -0.4 is 0 Å². The van der Waals surface area contributed by atoms with E-state index in [-0.39, 0.29) is 11.7 Å². The molecule has 0 saturated carbocycles. The molecule has 0 fully saturated rings. The summed E-state index contributed by atoms with van der Waals surface area (Å²) in [5.41, 5.74) is 2.10. The first-order valence-corrected chi connectivity index (χ1v) is 7.89. The van der Waals surface area contributed by atoms with Crippen molar-refractivity contribution in [2.45, 2.75) is 47.0 Å². The molecule has 0 saturated heterocycles. The van der Waals surface area contributed by atoms with Gasteiger partial charge in [-0.25, -0.2) is 4.98 Å². The maximum absolute atomic E-state index is 11.6. The first-order chi connectivity index (χ1) is 9.16. The van der Waals surface area contributed by atoms with Crippen LogP contribution in [0.3, 0.4) is 0 Å². The van der Waals surface area contributed by atoms with E-state index in [1.807, 2.05) is 33.1 Å². The van der Waals surface area contributed by atoms with Crippen LogP contribution >= 0.6 is 11.3 Å². The van der Waals surface area contributed by atoms with Crippen LogP contribution in [0.4, 0.5) is 0 Å². The molecule has 104 valence electrons. The van der Waals surface area contributed by atoms with Crippen LogP contribution in [0.5, 0.6) is 0 Å². The summed E-state index contributed by atoms with van der Waals surface area (Å²) in [5, 5.41) is 3.03. The van der Waals surface area contributed by atoms with Gasteiger partial charge in [0.1, 0.15) is 10.8 Å². The van der Waals surface area contributed by atoms with Crippen molar-refractivity contribution in [1.82, 2.24) is 4.98 Å². The molecule has 0 aromatic carbocycles. The molecule has 0 radical (unpaired) electrons. The minimum absolute atomic E-state index is 0.0916. The zero-order valence-corrected chi connectivity index (χ0v) is 13.1. The van der Waals surface area contributed by atoms with Gasteiger partial charge in [0.15, 0.2) is 0 Å². The molecule has 2 nitrogen and oxygen atoms in total. The van der Waals surface area contributed by atoms with Crippen LogP contribution in [0.25, 0.3) is 5.57 Å². The van der Waals surface area contributed by atoms with E-state index in [2.05, 4.69) is 23.2 Å². The number of hydrogen-bond donors (Lipinski definition) is 0. The minimum Gasteiger partial charge on any atom is -0.299 e. The maximum Gasteiger partial charge on any atom is 0.141 e. The highest BCUT2D eigenvalue weighted by Gasteiger charge is 2.12. The molecular formula is C16H23NOS. The van der Waals surface area contributed by atoms with E-state index >= 15 is 0 Å². The molecule has 3 heteroatoms. The SMILES string of the molecule is CC.CC(C)C(=O)Cc1csc(C2=CCCC=C2)n1. The molecule has 0 atom stereocenters. The average Bonchev–Trinajstić information content (AvgIpc) is 2.90. The van der Waals surface area contributed by atoms with E-state index in [1.54, 1.807) is 11.3 Å². The summed E-state index contributed by atoms with van der Waals surface area (Å²) < 4.78 is 0. The van der Waals surface area contributed by atoms with Crippen LogP contribution in [-0.4, -0.2) is 10.8 Å². The predicted molar refractivity (Wildman–Crippen MR) is 83.4 cm³/mol. The number of hydrogen-bond acceptors (Lipinski definition) is 3. The van der Waals surface area contributed by atoms with E-state index in [0.29, 0.717) is 6.42 Å². The van der Waals surface area contributed by atoms with Gasteiger partial charge in [0.25, 0.3) is 0 Å². The molecule has 0 amide bonds. The van der Waals surface area contributed by atoms with E-state index in [9.17, 15) is 4.79 Å². The molecule has 1 aliphatic rings. The fraction of sp³-hybridized carbons (Fsp3) is 0.500. The van der Waals surface area contributed by atoms with Crippen LogP contribution in [-0.2, 0) is 11.2 Å². The zero-order chi connectivity index (χ0) is 14.3. The van der Waals surface area contributed by atoms with Crippen molar-refractivity contribution in [3.8, 4) is 0 Å². The van der Waals surface area contributed by atoms with Crippen molar-refractivity contribution in [3.05, 3.63) is 34.3 Å². The van der Waals surface area contributed by atoms with Gasteiger partial charge in [0, 0.05) is 23.3 Å². The second kappa shape index (κ2) is 8.05. The molecule has 1 aromatic heterocycles. The van der Waals surface area contributed by atoms with E-state index in [0.717, 1.165) is 23.5 Å². The number of nitrogens with zero attached hydrogens (tertiary/aromatic N) is 1. The molecule has 1 aromatic rings. The number of aromatic nitrogens is 1. The van der Waals surface area contributed by atoms with Crippen molar-refractivity contribution in [2.24, 2.45) is 5.92 Å². The van der Waals surface area contributed by atoms with E-state index in [1.165, 1.54) is 5.57 Å². The largest absolute Gasteiger partial charge is 0.299 e. The van der Waals surface area contributed by atoms with Crippen LogP contribution in [0, 0.1) is 5.92 Å². The Balaban J connectivity index is 0.000000861. The second-order valence-electron chi connectivity index (χ2n) is 4.58. The molecule has 2 rings (SSSR count). The third kappa shape index (κ3) is 4.75. The van der Waals surface area contributed by atoms with E-state index in [4.69, 9.17) is 0 Å². The Morgan fingerprint density at radius 2 is 2.11 bits per heavy atom. The Kier molecular flexibility index (Phi) is 6.71. The van der Waals surface area contributed by atoms with Crippen molar-refractivity contribution >= 4 is 22.7 Å². The highest BCUT2D eigenvalue weighted by molar-refractivity contribution is 7.10. The molecule has 19 heavy (non-hydrogen) atoms. The van der Waals surface area contributed by atoms with Crippen LogP contribution in [0.1, 0.15) is 51.2 Å². The first-order valence-electron chi connectivity index (χ1n) is 7.01. The Labute approximate surface area is 120 Å².